The van der Waals surface area contributed by atoms with Crippen molar-refractivity contribution < 1.29 is 19.3 Å². The third kappa shape index (κ3) is 3.15. The highest BCUT2D eigenvalue weighted by atomic mass is 16.6. The molecule has 0 radical (unpaired) electrons. The highest BCUT2D eigenvalue weighted by Crippen LogP contribution is 2.33. The van der Waals surface area contributed by atoms with E-state index in [9.17, 15) is 5.11 Å². The summed E-state index contributed by atoms with van der Waals surface area (Å²) < 4.78 is 16.1. The summed E-state index contributed by atoms with van der Waals surface area (Å²) in [6.07, 6.45) is 1.18. The normalized spacial score (nSPS) is 17.3. The molecule has 18 heavy (non-hydrogen) atoms. The second-order valence-corrected chi connectivity index (χ2v) is 4.54. The van der Waals surface area contributed by atoms with Crippen molar-refractivity contribution in [3.63, 3.8) is 0 Å². The zero-order chi connectivity index (χ0) is 13.0. The molecule has 1 N–H and O–H groups in total. The van der Waals surface area contributed by atoms with E-state index in [0.717, 1.165) is 23.5 Å². The molecular formula is C14H20O4. The average Bonchev–Trinajstić information content (AvgIpc) is 2.43. The molecule has 1 aromatic rings. The van der Waals surface area contributed by atoms with Crippen LogP contribution in [0.2, 0.25) is 0 Å². The van der Waals surface area contributed by atoms with Crippen molar-refractivity contribution in [1.29, 1.82) is 0 Å². The Morgan fingerprint density at radius 2 is 1.94 bits per heavy atom. The smallest absolute Gasteiger partial charge is 0.161 e. The first-order valence-electron chi connectivity index (χ1n) is 6.31. The molecule has 0 saturated heterocycles. The molecule has 2 unspecified atom stereocenters. The molecule has 1 aromatic carbocycles. The number of hydrogen-bond acceptors (Lipinski definition) is 4. The van der Waals surface area contributed by atoms with E-state index in [1.807, 2.05) is 25.1 Å². The number of hydrogen-bond donors (Lipinski definition) is 1. The van der Waals surface area contributed by atoms with Gasteiger partial charge in [-0.05, 0) is 37.5 Å². The molecule has 0 bridgehead atoms. The summed E-state index contributed by atoms with van der Waals surface area (Å²) >= 11 is 0. The third-order valence-corrected chi connectivity index (χ3v) is 3.20. The van der Waals surface area contributed by atoms with Crippen LogP contribution in [0.15, 0.2) is 18.2 Å². The number of methoxy groups -OCH3 is 1. The van der Waals surface area contributed by atoms with Gasteiger partial charge >= 0.3 is 0 Å². The predicted octanol–water partition coefficient (Wildman–Crippen LogP) is 2.31. The van der Waals surface area contributed by atoms with Crippen LogP contribution in [0.4, 0.5) is 0 Å². The lowest BCUT2D eigenvalue weighted by Crippen LogP contribution is -2.15. The van der Waals surface area contributed by atoms with Crippen LogP contribution >= 0.6 is 0 Å². The zero-order valence-corrected chi connectivity index (χ0v) is 10.9. The van der Waals surface area contributed by atoms with Gasteiger partial charge in [-0.1, -0.05) is 6.07 Å². The lowest BCUT2D eigenvalue weighted by atomic mass is 10.0. The summed E-state index contributed by atoms with van der Waals surface area (Å²) in [4.78, 5) is 0. The van der Waals surface area contributed by atoms with Crippen LogP contribution in [-0.4, -0.2) is 31.5 Å². The van der Waals surface area contributed by atoms with E-state index in [-0.39, 0.29) is 6.10 Å². The van der Waals surface area contributed by atoms with Gasteiger partial charge < -0.3 is 19.3 Å². The van der Waals surface area contributed by atoms with E-state index < -0.39 is 6.10 Å². The Labute approximate surface area is 107 Å². The van der Waals surface area contributed by atoms with E-state index in [2.05, 4.69) is 0 Å². The quantitative estimate of drug-likeness (QED) is 0.873. The van der Waals surface area contributed by atoms with Gasteiger partial charge in [0.2, 0.25) is 0 Å². The fourth-order valence-corrected chi connectivity index (χ4v) is 1.94. The van der Waals surface area contributed by atoms with Crippen LogP contribution in [0.3, 0.4) is 0 Å². The van der Waals surface area contributed by atoms with Gasteiger partial charge in [-0.3, -0.25) is 0 Å². The average molecular weight is 252 g/mol. The van der Waals surface area contributed by atoms with Gasteiger partial charge in [0.25, 0.3) is 0 Å². The van der Waals surface area contributed by atoms with Gasteiger partial charge in [0, 0.05) is 7.11 Å². The molecule has 2 atom stereocenters. The Hall–Kier alpha value is -1.26. The summed E-state index contributed by atoms with van der Waals surface area (Å²) in [6.45, 7) is 3.14. The molecule has 1 aliphatic rings. The minimum atomic E-state index is -0.488. The zero-order valence-electron chi connectivity index (χ0n) is 10.9. The molecule has 100 valence electrons. The first kappa shape index (κ1) is 13.2. The number of rotatable bonds is 5. The first-order valence-corrected chi connectivity index (χ1v) is 6.31. The van der Waals surface area contributed by atoms with Gasteiger partial charge in [-0.15, -0.1) is 0 Å². The van der Waals surface area contributed by atoms with Crippen LogP contribution in [0.25, 0.3) is 0 Å². The van der Waals surface area contributed by atoms with E-state index in [4.69, 9.17) is 14.2 Å². The van der Waals surface area contributed by atoms with Crippen molar-refractivity contribution in [3.05, 3.63) is 23.8 Å². The maximum Gasteiger partial charge on any atom is 0.161 e. The van der Waals surface area contributed by atoms with Gasteiger partial charge in [0.05, 0.1) is 12.2 Å². The fourth-order valence-electron chi connectivity index (χ4n) is 1.94. The molecule has 0 fully saturated rings. The van der Waals surface area contributed by atoms with Crippen molar-refractivity contribution in [2.75, 3.05) is 20.3 Å². The van der Waals surface area contributed by atoms with Crippen molar-refractivity contribution in [3.8, 4) is 11.5 Å². The molecule has 1 heterocycles. The Balaban J connectivity index is 1.99. The first-order chi connectivity index (χ1) is 8.70. The van der Waals surface area contributed by atoms with Crippen LogP contribution in [0.1, 0.15) is 31.4 Å². The summed E-state index contributed by atoms with van der Waals surface area (Å²) in [5.41, 5.74) is 0.863. The molecule has 4 heteroatoms. The molecule has 0 aliphatic carbocycles. The van der Waals surface area contributed by atoms with Crippen molar-refractivity contribution in [1.82, 2.24) is 0 Å². The Morgan fingerprint density at radius 1 is 1.22 bits per heavy atom. The Kier molecular flexibility index (Phi) is 4.44. The Bertz CT molecular complexity index is 391. The number of aliphatic hydroxyl groups is 1. The molecule has 0 spiro atoms. The SMILES string of the molecule is COC(C)CCC(O)c1ccc2c(c1)OCCO2. The van der Waals surface area contributed by atoms with Crippen molar-refractivity contribution in [2.24, 2.45) is 0 Å². The summed E-state index contributed by atoms with van der Waals surface area (Å²) in [6, 6.07) is 5.60. The topological polar surface area (TPSA) is 47.9 Å². The predicted molar refractivity (Wildman–Crippen MR) is 68.1 cm³/mol. The van der Waals surface area contributed by atoms with Crippen molar-refractivity contribution >= 4 is 0 Å². The number of benzene rings is 1. The van der Waals surface area contributed by atoms with Gasteiger partial charge in [-0.25, -0.2) is 0 Å². The molecule has 2 rings (SSSR count). The summed E-state index contributed by atoms with van der Waals surface area (Å²) in [5, 5.41) is 10.1. The highest BCUT2D eigenvalue weighted by molar-refractivity contribution is 5.44. The Morgan fingerprint density at radius 3 is 2.67 bits per heavy atom. The van der Waals surface area contributed by atoms with E-state index in [1.165, 1.54) is 0 Å². The van der Waals surface area contributed by atoms with Crippen molar-refractivity contribution in [2.45, 2.75) is 32.0 Å². The molecular weight excluding hydrogens is 232 g/mol. The number of aliphatic hydroxyl groups excluding tert-OH is 1. The largest absolute Gasteiger partial charge is 0.486 e. The maximum atomic E-state index is 10.1. The third-order valence-electron chi connectivity index (χ3n) is 3.20. The molecule has 0 amide bonds. The minimum absolute atomic E-state index is 0.164. The standard InChI is InChI=1S/C14H20O4/c1-10(16-2)3-5-12(15)11-4-6-13-14(9-11)18-8-7-17-13/h4,6,9-10,12,15H,3,5,7-8H2,1-2H3. The lowest BCUT2D eigenvalue weighted by molar-refractivity contribution is 0.0848. The summed E-state index contributed by atoms with van der Waals surface area (Å²) in [5.74, 6) is 1.47. The van der Waals surface area contributed by atoms with Gasteiger partial charge in [-0.2, -0.15) is 0 Å². The summed E-state index contributed by atoms with van der Waals surface area (Å²) in [7, 11) is 1.68. The van der Waals surface area contributed by atoms with Crippen LogP contribution in [0, 0.1) is 0 Å². The lowest BCUT2D eigenvalue weighted by Gasteiger charge is -2.20. The van der Waals surface area contributed by atoms with Gasteiger partial charge in [0.1, 0.15) is 13.2 Å². The molecule has 1 aliphatic heterocycles. The maximum absolute atomic E-state index is 10.1. The molecule has 0 saturated carbocycles. The second kappa shape index (κ2) is 6.07. The van der Waals surface area contributed by atoms with Gasteiger partial charge in [0.15, 0.2) is 11.5 Å². The monoisotopic (exact) mass is 252 g/mol. The van der Waals surface area contributed by atoms with Crippen LogP contribution in [0.5, 0.6) is 11.5 Å². The van der Waals surface area contributed by atoms with Crippen LogP contribution < -0.4 is 9.47 Å². The molecule has 4 nitrogen and oxygen atoms in total. The van der Waals surface area contributed by atoms with Crippen LogP contribution in [-0.2, 0) is 4.74 Å². The second-order valence-electron chi connectivity index (χ2n) is 4.54. The van der Waals surface area contributed by atoms with E-state index in [1.54, 1.807) is 7.11 Å². The van der Waals surface area contributed by atoms with E-state index in [0.29, 0.717) is 19.6 Å². The number of ether oxygens (including phenoxy) is 3. The molecule has 0 aromatic heterocycles. The number of fused-ring (bicyclic) bond motifs is 1. The highest BCUT2D eigenvalue weighted by Gasteiger charge is 2.15. The minimum Gasteiger partial charge on any atom is -0.486 e. The fraction of sp³-hybridized carbons (Fsp3) is 0.571. The van der Waals surface area contributed by atoms with E-state index >= 15 is 0 Å².